The Morgan fingerprint density at radius 1 is 1.67 bits per heavy atom. The van der Waals surface area contributed by atoms with Gasteiger partial charge in [0.2, 0.25) is 10.0 Å². The molecule has 1 aliphatic heterocycles. The second kappa shape index (κ2) is 4.16. The molecule has 0 aliphatic carbocycles. The first-order chi connectivity index (χ1) is 6.90. The van der Waals surface area contributed by atoms with Crippen LogP contribution in [0.4, 0.5) is 0 Å². The molecule has 7 heteroatoms. The zero-order valence-corrected chi connectivity index (χ0v) is 9.07. The summed E-state index contributed by atoms with van der Waals surface area (Å²) in [5.74, 6) is -2.03. The predicted molar refractivity (Wildman–Crippen MR) is 51.3 cm³/mol. The summed E-state index contributed by atoms with van der Waals surface area (Å²) in [6, 6.07) is 0.512. The van der Waals surface area contributed by atoms with Gasteiger partial charge in [0.15, 0.2) is 5.75 Å². The highest BCUT2D eigenvalue weighted by Gasteiger charge is 2.42. The quantitative estimate of drug-likeness (QED) is 0.716. The molecular weight excluding hydrogens is 220 g/mol. The molecule has 6 nitrogen and oxygen atoms in total. The summed E-state index contributed by atoms with van der Waals surface area (Å²) in [5, 5.41) is 17.2. The number of nitriles is 1. The molecule has 1 aliphatic rings. The molecule has 1 rings (SSSR count). The van der Waals surface area contributed by atoms with E-state index in [1.807, 2.05) is 0 Å². The first-order valence-corrected chi connectivity index (χ1v) is 6.10. The minimum Gasteiger partial charge on any atom is -0.480 e. The van der Waals surface area contributed by atoms with Gasteiger partial charge in [-0.3, -0.25) is 4.79 Å². The fraction of sp³-hybridized carbons (Fsp3) is 0.750. The SMILES string of the molecule is CC1CCN(S(=O)(=O)CC#N)C1C(=O)O. The van der Waals surface area contributed by atoms with E-state index in [0.717, 1.165) is 4.31 Å². The largest absolute Gasteiger partial charge is 0.480 e. The molecular formula is C8H12N2O4S. The Labute approximate surface area is 88.2 Å². The number of sulfonamides is 1. The third kappa shape index (κ3) is 2.27. The summed E-state index contributed by atoms with van der Waals surface area (Å²) in [4.78, 5) is 10.9. The van der Waals surface area contributed by atoms with E-state index >= 15 is 0 Å². The lowest BCUT2D eigenvalue weighted by Gasteiger charge is -2.21. The van der Waals surface area contributed by atoms with Crippen molar-refractivity contribution in [2.45, 2.75) is 19.4 Å². The van der Waals surface area contributed by atoms with Crippen LogP contribution in [-0.4, -0.2) is 42.1 Å². The lowest BCUT2D eigenvalue weighted by atomic mass is 10.0. The standard InChI is InChI=1S/C8H12N2O4S/c1-6-2-4-10(7(6)8(11)12)15(13,14)5-3-9/h6-7H,2,4-5H2,1H3,(H,11,12). The van der Waals surface area contributed by atoms with Crippen LogP contribution in [0.15, 0.2) is 0 Å². The molecule has 0 spiro atoms. The van der Waals surface area contributed by atoms with Crippen LogP contribution >= 0.6 is 0 Å². The average molecular weight is 232 g/mol. The number of nitrogens with zero attached hydrogens (tertiary/aromatic N) is 2. The molecule has 1 heterocycles. The monoisotopic (exact) mass is 232 g/mol. The van der Waals surface area contributed by atoms with Crippen LogP contribution in [0.3, 0.4) is 0 Å². The third-order valence-corrected chi connectivity index (χ3v) is 4.13. The van der Waals surface area contributed by atoms with Crippen LogP contribution in [0.2, 0.25) is 0 Å². The Kier molecular flexibility index (Phi) is 3.31. The van der Waals surface area contributed by atoms with Crippen molar-refractivity contribution in [3.63, 3.8) is 0 Å². The van der Waals surface area contributed by atoms with Crippen LogP contribution in [-0.2, 0) is 14.8 Å². The van der Waals surface area contributed by atoms with Crippen LogP contribution in [0.25, 0.3) is 0 Å². The smallest absolute Gasteiger partial charge is 0.322 e. The van der Waals surface area contributed by atoms with Crippen molar-refractivity contribution < 1.29 is 18.3 Å². The number of aliphatic carboxylic acids is 1. The van der Waals surface area contributed by atoms with Crippen molar-refractivity contribution in [3.8, 4) is 6.07 Å². The van der Waals surface area contributed by atoms with Crippen molar-refractivity contribution in [2.24, 2.45) is 5.92 Å². The molecule has 84 valence electrons. The molecule has 1 fully saturated rings. The molecule has 1 N–H and O–H groups in total. The summed E-state index contributed by atoms with van der Waals surface area (Å²) in [6.45, 7) is 1.88. The molecule has 2 unspecified atom stereocenters. The zero-order valence-electron chi connectivity index (χ0n) is 8.25. The van der Waals surface area contributed by atoms with Gasteiger partial charge in [-0.1, -0.05) is 6.92 Å². The van der Waals surface area contributed by atoms with Gasteiger partial charge in [0.1, 0.15) is 6.04 Å². The molecule has 0 radical (unpaired) electrons. The van der Waals surface area contributed by atoms with Gasteiger partial charge < -0.3 is 5.11 Å². The molecule has 0 aromatic rings. The maximum atomic E-state index is 11.5. The fourth-order valence-electron chi connectivity index (χ4n) is 1.75. The number of carboxylic acid groups (broad SMARTS) is 1. The molecule has 15 heavy (non-hydrogen) atoms. The minimum atomic E-state index is -3.75. The van der Waals surface area contributed by atoms with Crippen molar-refractivity contribution >= 4 is 16.0 Å². The Hall–Kier alpha value is -1.13. The topological polar surface area (TPSA) is 98.5 Å². The van der Waals surface area contributed by atoms with Crippen LogP contribution in [0, 0.1) is 17.2 Å². The zero-order chi connectivity index (χ0) is 11.6. The Bertz CT molecular complexity index is 397. The normalized spacial score (nSPS) is 27.5. The Morgan fingerprint density at radius 2 is 2.27 bits per heavy atom. The second-order valence-corrected chi connectivity index (χ2v) is 5.50. The van der Waals surface area contributed by atoms with Gasteiger partial charge in [-0.2, -0.15) is 9.57 Å². The number of hydrogen-bond donors (Lipinski definition) is 1. The first-order valence-electron chi connectivity index (χ1n) is 4.49. The van der Waals surface area contributed by atoms with Gasteiger partial charge in [0.05, 0.1) is 6.07 Å². The van der Waals surface area contributed by atoms with E-state index in [-0.39, 0.29) is 12.5 Å². The predicted octanol–water partition coefficient (Wildman–Crippen LogP) is -0.365. The van der Waals surface area contributed by atoms with Gasteiger partial charge in [-0.15, -0.1) is 0 Å². The summed E-state index contributed by atoms with van der Waals surface area (Å²) < 4.78 is 24.0. The van der Waals surface area contributed by atoms with E-state index < -0.39 is 27.8 Å². The van der Waals surface area contributed by atoms with Gasteiger partial charge in [-0.25, -0.2) is 8.42 Å². The summed E-state index contributed by atoms with van der Waals surface area (Å²) in [6.07, 6.45) is 0.516. The van der Waals surface area contributed by atoms with Crippen LogP contribution < -0.4 is 0 Å². The molecule has 0 bridgehead atoms. The van der Waals surface area contributed by atoms with Gasteiger partial charge >= 0.3 is 5.97 Å². The number of carbonyl (C=O) groups is 1. The summed E-state index contributed by atoms with van der Waals surface area (Å²) >= 11 is 0. The first kappa shape index (κ1) is 11.9. The van der Waals surface area contributed by atoms with Gasteiger partial charge in [0.25, 0.3) is 0 Å². The second-order valence-electron chi connectivity index (χ2n) is 3.57. The lowest BCUT2D eigenvalue weighted by Crippen LogP contribution is -2.43. The van der Waals surface area contributed by atoms with E-state index in [2.05, 4.69) is 0 Å². The van der Waals surface area contributed by atoms with Crippen molar-refractivity contribution in [2.75, 3.05) is 12.3 Å². The molecule has 0 aromatic carbocycles. The van der Waals surface area contributed by atoms with Crippen LogP contribution in [0.1, 0.15) is 13.3 Å². The number of carboxylic acids is 1. The lowest BCUT2D eigenvalue weighted by molar-refractivity contribution is -0.141. The van der Waals surface area contributed by atoms with Crippen molar-refractivity contribution in [3.05, 3.63) is 0 Å². The fourth-order valence-corrected chi connectivity index (χ4v) is 3.11. The van der Waals surface area contributed by atoms with E-state index in [9.17, 15) is 13.2 Å². The number of hydrogen-bond acceptors (Lipinski definition) is 4. The van der Waals surface area contributed by atoms with Crippen LogP contribution in [0.5, 0.6) is 0 Å². The van der Waals surface area contributed by atoms with E-state index in [0.29, 0.717) is 6.42 Å². The Morgan fingerprint density at radius 3 is 2.73 bits per heavy atom. The van der Waals surface area contributed by atoms with Gasteiger partial charge in [-0.05, 0) is 12.3 Å². The maximum absolute atomic E-state index is 11.5. The van der Waals surface area contributed by atoms with Crippen molar-refractivity contribution in [1.82, 2.24) is 4.31 Å². The number of rotatable bonds is 3. The Balaban J connectivity index is 2.97. The highest BCUT2D eigenvalue weighted by atomic mass is 32.2. The van der Waals surface area contributed by atoms with E-state index in [1.54, 1.807) is 6.92 Å². The van der Waals surface area contributed by atoms with Crippen molar-refractivity contribution in [1.29, 1.82) is 5.26 Å². The maximum Gasteiger partial charge on any atom is 0.322 e. The third-order valence-electron chi connectivity index (χ3n) is 2.51. The minimum absolute atomic E-state index is 0.183. The summed E-state index contributed by atoms with van der Waals surface area (Å²) in [5.41, 5.74) is 0. The molecule has 0 amide bonds. The molecule has 0 aromatic heterocycles. The van der Waals surface area contributed by atoms with E-state index in [1.165, 1.54) is 6.07 Å². The molecule has 0 saturated carbocycles. The summed E-state index contributed by atoms with van der Waals surface area (Å²) in [7, 11) is -3.75. The molecule has 1 saturated heterocycles. The molecule has 2 atom stereocenters. The average Bonchev–Trinajstić information content (AvgIpc) is 2.47. The highest BCUT2D eigenvalue weighted by molar-refractivity contribution is 7.89. The van der Waals surface area contributed by atoms with E-state index in [4.69, 9.17) is 10.4 Å². The highest BCUT2D eigenvalue weighted by Crippen LogP contribution is 2.26. The van der Waals surface area contributed by atoms with Gasteiger partial charge in [0, 0.05) is 6.54 Å².